The minimum atomic E-state index is -3.90. The molecule has 2 rings (SSSR count). The van der Waals surface area contributed by atoms with Gasteiger partial charge in [0.15, 0.2) is 5.82 Å². The van der Waals surface area contributed by atoms with E-state index in [9.17, 15) is 8.42 Å². The standard InChI is InChI=1S/C12H14ClN3O2S/c1-9(2)8-16-11(10-6-4-3-5-7-10)14-15-12(16)19(13,17)18/h3-7,9H,8H2,1-2H3. The first-order valence-electron chi connectivity index (χ1n) is 5.83. The van der Waals surface area contributed by atoms with Gasteiger partial charge in [0.2, 0.25) is 0 Å². The van der Waals surface area contributed by atoms with Gasteiger partial charge in [0, 0.05) is 22.8 Å². The number of rotatable bonds is 4. The predicted octanol–water partition coefficient (Wildman–Crippen LogP) is 2.53. The van der Waals surface area contributed by atoms with Crippen LogP contribution >= 0.6 is 10.7 Å². The highest BCUT2D eigenvalue weighted by atomic mass is 35.7. The van der Waals surface area contributed by atoms with Crippen LogP contribution in [0.5, 0.6) is 0 Å². The molecule has 0 atom stereocenters. The molecule has 102 valence electrons. The number of nitrogens with zero attached hydrogens (tertiary/aromatic N) is 3. The lowest BCUT2D eigenvalue weighted by Crippen LogP contribution is -2.11. The van der Waals surface area contributed by atoms with Gasteiger partial charge < -0.3 is 0 Å². The Hall–Kier alpha value is -1.40. The molecule has 1 aromatic heterocycles. The van der Waals surface area contributed by atoms with Crippen molar-refractivity contribution in [2.24, 2.45) is 5.92 Å². The van der Waals surface area contributed by atoms with Crippen molar-refractivity contribution >= 4 is 19.7 Å². The molecule has 0 amide bonds. The van der Waals surface area contributed by atoms with E-state index in [1.54, 1.807) is 4.57 Å². The molecule has 19 heavy (non-hydrogen) atoms. The van der Waals surface area contributed by atoms with Crippen molar-refractivity contribution in [3.05, 3.63) is 30.3 Å². The van der Waals surface area contributed by atoms with Gasteiger partial charge in [-0.05, 0) is 5.92 Å². The van der Waals surface area contributed by atoms with E-state index in [4.69, 9.17) is 10.7 Å². The first kappa shape index (κ1) is 14.0. The molecule has 0 N–H and O–H groups in total. The van der Waals surface area contributed by atoms with Gasteiger partial charge in [-0.15, -0.1) is 10.2 Å². The summed E-state index contributed by atoms with van der Waals surface area (Å²) in [7, 11) is 1.49. The molecular formula is C12H14ClN3O2S. The quantitative estimate of drug-likeness (QED) is 0.814. The van der Waals surface area contributed by atoms with E-state index in [1.165, 1.54) is 0 Å². The molecule has 7 heteroatoms. The molecule has 2 aromatic rings. The maximum atomic E-state index is 11.5. The van der Waals surface area contributed by atoms with Crippen molar-refractivity contribution in [1.82, 2.24) is 14.8 Å². The van der Waals surface area contributed by atoms with Crippen LogP contribution in [0.25, 0.3) is 11.4 Å². The zero-order valence-electron chi connectivity index (χ0n) is 10.6. The summed E-state index contributed by atoms with van der Waals surface area (Å²) in [6.45, 7) is 4.46. The molecule has 1 aromatic carbocycles. The minimum Gasteiger partial charge on any atom is -0.297 e. The van der Waals surface area contributed by atoms with Gasteiger partial charge in [0.05, 0.1) is 0 Å². The fraction of sp³-hybridized carbons (Fsp3) is 0.333. The van der Waals surface area contributed by atoms with E-state index in [1.807, 2.05) is 44.2 Å². The summed E-state index contributed by atoms with van der Waals surface area (Å²) in [6.07, 6.45) is 0. The monoisotopic (exact) mass is 299 g/mol. The van der Waals surface area contributed by atoms with Crippen molar-refractivity contribution < 1.29 is 8.42 Å². The molecule has 0 aliphatic carbocycles. The van der Waals surface area contributed by atoms with Crippen LogP contribution < -0.4 is 0 Å². The topological polar surface area (TPSA) is 64.8 Å². The molecule has 0 saturated heterocycles. The molecule has 0 fully saturated rings. The average molecular weight is 300 g/mol. The maximum absolute atomic E-state index is 11.5. The number of hydrogen-bond acceptors (Lipinski definition) is 4. The smallest absolute Gasteiger partial charge is 0.296 e. The Bertz CT molecular complexity index is 666. The van der Waals surface area contributed by atoms with Crippen molar-refractivity contribution in [2.75, 3.05) is 0 Å². The van der Waals surface area contributed by atoms with Gasteiger partial charge in [-0.1, -0.05) is 44.2 Å². The van der Waals surface area contributed by atoms with E-state index in [2.05, 4.69) is 10.2 Å². The molecule has 1 heterocycles. The van der Waals surface area contributed by atoms with Gasteiger partial charge in [-0.25, -0.2) is 8.42 Å². The third-order valence-electron chi connectivity index (χ3n) is 2.51. The number of aromatic nitrogens is 3. The molecule has 0 aliphatic heterocycles. The van der Waals surface area contributed by atoms with E-state index >= 15 is 0 Å². The van der Waals surface area contributed by atoms with Crippen molar-refractivity contribution in [2.45, 2.75) is 25.5 Å². The van der Waals surface area contributed by atoms with Gasteiger partial charge in [-0.3, -0.25) is 4.57 Å². The van der Waals surface area contributed by atoms with Crippen LogP contribution in [0.2, 0.25) is 0 Å². The Labute approximate surface area is 116 Å². The van der Waals surface area contributed by atoms with Crippen molar-refractivity contribution in [3.63, 3.8) is 0 Å². The zero-order valence-corrected chi connectivity index (χ0v) is 12.2. The molecule has 0 aliphatic rings. The second-order valence-electron chi connectivity index (χ2n) is 4.61. The van der Waals surface area contributed by atoms with Crippen LogP contribution in [0.15, 0.2) is 35.5 Å². The predicted molar refractivity (Wildman–Crippen MR) is 73.3 cm³/mol. The highest BCUT2D eigenvalue weighted by Crippen LogP contribution is 2.23. The summed E-state index contributed by atoms with van der Waals surface area (Å²) in [5, 5.41) is 7.46. The Kier molecular flexibility index (Phi) is 3.91. The molecule has 0 radical (unpaired) electrons. The van der Waals surface area contributed by atoms with Gasteiger partial charge >= 0.3 is 0 Å². The molecule has 5 nitrogen and oxygen atoms in total. The SMILES string of the molecule is CC(C)Cn1c(-c2ccccc2)nnc1S(=O)(=O)Cl. The lowest BCUT2D eigenvalue weighted by atomic mass is 10.2. The van der Waals surface area contributed by atoms with E-state index in [0.29, 0.717) is 12.4 Å². The Morgan fingerprint density at radius 3 is 2.37 bits per heavy atom. The van der Waals surface area contributed by atoms with E-state index in [-0.39, 0.29) is 11.1 Å². The Morgan fingerprint density at radius 1 is 1.21 bits per heavy atom. The number of halogens is 1. The first-order valence-corrected chi connectivity index (χ1v) is 8.14. The molecule has 0 spiro atoms. The van der Waals surface area contributed by atoms with Crippen LogP contribution in [-0.2, 0) is 15.6 Å². The molecule has 0 unspecified atom stereocenters. The van der Waals surface area contributed by atoms with Crippen LogP contribution in [0.3, 0.4) is 0 Å². The summed E-state index contributed by atoms with van der Waals surface area (Å²) < 4.78 is 24.6. The number of benzene rings is 1. The molecule has 0 saturated carbocycles. The summed E-state index contributed by atoms with van der Waals surface area (Å²) in [5.74, 6) is 0.754. The van der Waals surface area contributed by atoms with Gasteiger partial charge in [0.25, 0.3) is 14.2 Å². The second kappa shape index (κ2) is 5.30. The van der Waals surface area contributed by atoms with Crippen LogP contribution in [-0.4, -0.2) is 23.2 Å². The highest BCUT2D eigenvalue weighted by Gasteiger charge is 2.23. The summed E-state index contributed by atoms with van der Waals surface area (Å²) in [6, 6.07) is 9.31. The summed E-state index contributed by atoms with van der Waals surface area (Å²) in [4.78, 5) is 0. The minimum absolute atomic E-state index is 0.207. The van der Waals surface area contributed by atoms with Crippen LogP contribution in [0.1, 0.15) is 13.8 Å². The first-order chi connectivity index (χ1) is 8.89. The lowest BCUT2D eigenvalue weighted by molar-refractivity contribution is 0.488. The summed E-state index contributed by atoms with van der Waals surface area (Å²) >= 11 is 0. The zero-order chi connectivity index (χ0) is 14.0. The number of hydrogen-bond donors (Lipinski definition) is 0. The van der Waals surface area contributed by atoms with Crippen molar-refractivity contribution in [3.8, 4) is 11.4 Å². The normalized spacial score (nSPS) is 12.0. The second-order valence-corrected chi connectivity index (χ2v) is 7.07. The van der Waals surface area contributed by atoms with E-state index < -0.39 is 9.05 Å². The Morgan fingerprint density at radius 2 is 1.84 bits per heavy atom. The third kappa shape index (κ3) is 3.13. The van der Waals surface area contributed by atoms with Gasteiger partial charge in [0.1, 0.15) is 0 Å². The third-order valence-corrected chi connectivity index (χ3v) is 3.67. The van der Waals surface area contributed by atoms with E-state index in [0.717, 1.165) is 5.56 Å². The maximum Gasteiger partial charge on any atom is 0.296 e. The molecular weight excluding hydrogens is 286 g/mol. The fourth-order valence-corrected chi connectivity index (χ4v) is 2.70. The molecule has 0 bridgehead atoms. The summed E-state index contributed by atoms with van der Waals surface area (Å²) in [5.41, 5.74) is 0.808. The van der Waals surface area contributed by atoms with Crippen molar-refractivity contribution in [1.29, 1.82) is 0 Å². The Balaban J connectivity index is 2.60. The average Bonchev–Trinajstić information content (AvgIpc) is 2.72. The van der Waals surface area contributed by atoms with Crippen LogP contribution in [0, 0.1) is 5.92 Å². The van der Waals surface area contributed by atoms with Gasteiger partial charge in [-0.2, -0.15) is 0 Å². The largest absolute Gasteiger partial charge is 0.297 e. The van der Waals surface area contributed by atoms with Crippen LogP contribution in [0.4, 0.5) is 0 Å². The lowest BCUT2D eigenvalue weighted by Gasteiger charge is -2.11. The highest BCUT2D eigenvalue weighted by molar-refractivity contribution is 8.13. The fourth-order valence-electron chi connectivity index (χ4n) is 1.80.